The summed E-state index contributed by atoms with van der Waals surface area (Å²) in [6, 6.07) is 0.567. The predicted molar refractivity (Wildman–Crippen MR) is 124 cm³/mol. The Hall–Kier alpha value is -0.410. The molecule has 1 aromatic rings. The molecule has 7 heteroatoms. The number of hydrogen-bond donors (Lipinski definition) is 2. The molecule has 26 heavy (non-hydrogen) atoms. The predicted octanol–water partition coefficient (Wildman–Crippen LogP) is 3.68. The highest BCUT2D eigenvalue weighted by molar-refractivity contribution is 14.0. The van der Waals surface area contributed by atoms with Crippen LogP contribution >= 0.6 is 35.3 Å². The van der Waals surface area contributed by atoms with Gasteiger partial charge in [-0.05, 0) is 38.8 Å². The molecule has 1 unspecified atom stereocenters. The monoisotopic (exact) mass is 493 g/mol. The Labute approximate surface area is 180 Å². The summed E-state index contributed by atoms with van der Waals surface area (Å²) in [5.74, 6) is 1.54. The van der Waals surface area contributed by atoms with Crippen LogP contribution in [0.4, 0.5) is 0 Å². The second-order valence-corrected chi connectivity index (χ2v) is 8.31. The van der Waals surface area contributed by atoms with E-state index in [1.807, 2.05) is 7.05 Å². The number of likely N-dealkylation sites (tertiary alicyclic amines) is 1. The number of halogens is 1. The third-order valence-electron chi connectivity index (χ3n) is 4.92. The molecular formula is C19H36IN5S. The molecule has 2 rings (SSSR count). The number of aliphatic imine (C=N–C) groups is 1. The summed E-state index contributed by atoms with van der Waals surface area (Å²) in [7, 11) is 1.85. The van der Waals surface area contributed by atoms with Gasteiger partial charge >= 0.3 is 0 Å². The second-order valence-electron chi connectivity index (χ2n) is 7.25. The van der Waals surface area contributed by atoms with Crippen LogP contribution in [0.15, 0.2) is 10.4 Å². The first-order valence-electron chi connectivity index (χ1n) is 9.69. The Balaban J connectivity index is 0.00000338. The van der Waals surface area contributed by atoms with E-state index in [0.29, 0.717) is 12.0 Å². The molecule has 1 atom stereocenters. The topological polar surface area (TPSA) is 52.6 Å². The molecule has 5 nitrogen and oxygen atoms in total. The average molecular weight is 494 g/mol. The smallest absolute Gasteiger partial charge is 0.191 e. The van der Waals surface area contributed by atoms with Crippen LogP contribution in [0.1, 0.15) is 50.2 Å². The van der Waals surface area contributed by atoms with Gasteiger partial charge in [0.2, 0.25) is 0 Å². The van der Waals surface area contributed by atoms with Gasteiger partial charge in [0, 0.05) is 38.0 Å². The summed E-state index contributed by atoms with van der Waals surface area (Å²) in [5, 5.41) is 10.2. The van der Waals surface area contributed by atoms with E-state index in [1.54, 1.807) is 11.3 Å². The normalized spacial score (nSPS) is 17.5. The summed E-state index contributed by atoms with van der Waals surface area (Å²) in [4.78, 5) is 11.6. The Kier molecular flexibility index (Phi) is 11.7. The fourth-order valence-corrected chi connectivity index (χ4v) is 4.11. The lowest BCUT2D eigenvalue weighted by atomic mass is 10.0. The SMILES string of the molecule is CN=C(NCCc1csc(C)n1)NCC(C(C)C)N1CCCCCC1.I. The fraction of sp³-hybridized carbons (Fsp3) is 0.789. The highest BCUT2D eigenvalue weighted by Gasteiger charge is 2.22. The highest BCUT2D eigenvalue weighted by Crippen LogP contribution is 2.17. The molecule has 1 fully saturated rings. The Bertz CT molecular complexity index is 524. The van der Waals surface area contributed by atoms with Crippen LogP contribution in [0.25, 0.3) is 0 Å². The summed E-state index contributed by atoms with van der Waals surface area (Å²) >= 11 is 1.71. The molecule has 1 aliphatic heterocycles. The lowest BCUT2D eigenvalue weighted by Gasteiger charge is -2.34. The van der Waals surface area contributed by atoms with Crippen molar-refractivity contribution in [1.29, 1.82) is 0 Å². The number of hydrogen-bond acceptors (Lipinski definition) is 4. The van der Waals surface area contributed by atoms with E-state index in [2.05, 4.69) is 51.7 Å². The zero-order chi connectivity index (χ0) is 18.1. The van der Waals surface area contributed by atoms with Crippen LogP contribution in [-0.2, 0) is 6.42 Å². The van der Waals surface area contributed by atoms with Gasteiger partial charge in [-0.2, -0.15) is 0 Å². The minimum Gasteiger partial charge on any atom is -0.356 e. The van der Waals surface area contributed by atoms with Crippen molar-refractivity contribution in [3.8, 4) is 0 Å². The van der Waals surface area contributed by atoms with Crippen molar-refractivity contribution in [3.63, 3.8) is 0 Å². The van der Waals surface area contributed by atoms with Gasteiger partial charge in [-0.25, -0.2) is 4.98 Å². The molecule has 1 saturated heterocycles. The maximum Gasteiger partial charge on any atom is 0.191 e. The third-order valence-corrected chi connectivity index (χ3v) is 5.74. The van der Waals surface area contributed by atoms with E-state index >= 15 is 0 Å². The average Bonchev–Trinajstić information content (AvgIpc) is 2.84. The van der Waals surface area contributed by atoms with Gasteiger partial charge in [0.1, 0.15) is 0 Å². The van der Waals surface area contributed by atoms with Crippen molar-refractivity contribution < 1.29 is 0 Å². The van der Waals surface area contributed by atoms with Crippen molar-refractivity contribution in [3.05, 3.63) is 16.1 Å². The van der Waals surface area contributed by atoms with Gasteiger partial charge in [-0.1, -0.05) is 26.7 Å². The zero-order valence-corrected chi connectivity index (χ0v) is 19.9. The van der Waals surface area contributed by atoms with Gasteiger partial charge in [0.25, 0.3) is 0 Å². The molecular weight excluding hydrogens is 457 g/mol. The quantitative estimate of drug-likeness (QED) is 0.346. The Morgan fingerprint density at radius 1 is 1.23 bits per heavy atom. The Morgan fingerprint density at radius 3 is 2.46 bits per heavy atom. The molecule has 150 valence electrons. The fourth-order valence-electron chi connectivity index (χ4n) is 3.47. The minimum atomic E-state index is 0. The van der Waals surface area contributed by atoms with Crippen molar-refractivity contribution in [1.82, 2.24) is 20.5 Å². The molecule has 1 aromatic heterocycles. The van der Waals surface area contributed by atoms with Gasteiger partial charge < -0.3 is 10.6 Å². The number of guanidine groups is 1. The number of nitrogens with one attached hydrogen (secondary N) is 2. The summed E-state index contributed by atoms with van der Waals surface area (Å²) < 4.78 is 0. The van der Waals surface area contributed by atoms with Crippen LogP contribution < -0.4 is 10.6 Å². The summed E-state index contributed by atoms with van der Waals surface area (Å²) in [5.41, 5.74) is 1.16. The van der Waals surface area contributed by atoms with E-state index in [1.165, 1.54) is 38.8 Å². The summed E-state index contributed by atoms with van der Waals surface area (Å²) in [6.07, 6.45) is 6.37. The van der Waals surface area contributed by atoms with E-state index in [0.717, 1.165) is 36.2 Å². The minimum absolute atomic E-state index is 0. The van der Waals surface area contributed by atoms with Gasteiger partial charge in [0.05, 0.1) is 10.7 Å². The van der Waals surface area contributed by atoms with Crippen molar-refractivity contribution >= 4 is 41.3 Å². The van der Waals surface area contributed by atoms with E-state index in [4.69, 9.17) is 0 Å². The van der Waals surface area contributed by atoms with Crippen molar-refractivity contribution in [2.24, 2.45) is 10.9 Å². The van der Waals surface area contributed by atoms with Crippen LogP contribution in [0.3, 0.4) is 0 Å². The van der Waals surface area contributed by atoms with Gasteiger partial charge in [0.15, 0.2) is 5.96 Å². The highest BCUT2D eigenvalue weighted by atomic mass is 127. The maximum absolute atomic E-state index is 4.51. The van der Waals surface area contributed by atoms with E-state index in [9.17, 15) is 0 Å². The zero-order valence-electron chi connectivity index (χ0n) is 16.8. The molecule has 0 spiro atoms. The Morgan fingerprint density at radius 2 is 1.92 bits per heavy atom. The number of rotatable bonds is 7. The van der Waals surface area contributed by atoms with E-state index < -0.39 is 0 Å². The summed E-state index contributed by atoms with van der Waals surface area (Å²) in [6.45, 7) is 11.0. The first-order valence-corrected chi connectivity index (χ1v) is 10.6. The van der Waals surface area contributed by atoms with Crippen LogP contribution in [-0.4, -0.2) is 55.1 Å². The molecule has 0 radical (unpaired) electrons. The van der Waals surface area contributed by atoms with Crippen molar-refractivity contribution in [2.75, 3.05) is 33.2 Å². The molecule has 1 aliphatic rings. The largest absolute Gasteiger partial charge is 0.356 e. The van der Waals surface area contributed by atoms with Crippen molar-refractivity contribution in [2.45, 2.75) is 58.9 Å². The molecule has 0 aliphatic carbocycles. The lowest BCUT2D eigenvalue weighted by Crippen LogP contribution is -2.50. The van der Waals surface area contributed by atoms with Gasteiger partial charge in [-0.3, -0.25) is 9.89 Å². The van der Waals surface area contributed by atoms with Gasteiger partial charge in [-0.15, -0.1) is 35.3 Å². The first kappa shape index (κ1) is 23.6. The van der Waals surface area contributed by atoms with Crippen LogP contribution in [0.5, 0.6) is 0 Å². The third kappa shape index (κ3) is 8.08. The van der Waals surface area contributed by atoms with E-state index in [-0.39, 0.29) is 24.0 Å². The number of nitrogens with zero attached hydrogens (tertiary/aromatic N) is 3. The standard InChI is InChI=1S/C19H35N5S.HI/c1-15(2)18(24-11-7-5-6-8-12-24)13-22-19(20-4)21-10-9-17-14-25-16(3)23-17;/h14-15,18H,5-13H2,1-4H3,(H2,20,21,22);1H. The molecule has 2 N–H and O–H groups in total. The second kappa shape index (κ2) is 12.9. The molecule has 0 amide bonds. The molecule has 0 aromatic carbocycles. The molecule has 0 bridgehead atoms. The number of aromatic nitrogens is 1. The van der Waals surface area contributed by atoms with Crippen LogP contribution in [0.2, 0.25) is 0 Å². The molecule has 0 saturated carbocycles. The lowest BCUT2D eigenvalue weighted by molar-refractivity contribution is 0.161. The first-order chi connectivity index (χ1) is 12.1. The maximum atomic E-state index is 4.51. The number of thiazole rings is 1. The number of aryl methyl sites for hydroxylation is 1. The molecule has 2 heterocycles. The van der Waals surface area contributed by atoms with Crippen LogP contribution in [0, 0.1) is 12.8 Å².